The third-order valence-electron chi connectivity index (χ3n) is 3.78. The van der Waals surface area contributed by atoms with E-state index >= 15 is 0 Å². The average molecular weight is 246 g/mol. The second kappa shape index (κ2) is 5.55. The quantitative estimate of drug-likeness (QED) is 0.589. The molecule has 0 radical (unpaired) electrons. The van der Waals surface area contributed by atoms with Crippen molar-refractivity contribution in [1.29, 1.82) is 0 Å². The number of ether oxygens (including phenoxy) is 1. The molecular formula is C16H22O2. The van der Waals surface area contributed by atoms with Crippen LogP contribution in [0.15, 0.2) is 18.2 Å². The van der Waals surface area contributed by atoms with Gasteiger partial charge in [-0.3, -0.25) is 4.79 Å². The Hall–Kier alpha value is -1.31. The number of benzene rings is 1. The molecule has 1 aromatic carbocycles. The molecule has 0 heterocycles. The molecule has 2 rings (SSSR count). The van der Waals surface area contributed by atoms with Gasteiger partial charge in [-0.05, 0) is 42.9 Å². The fourth-order valence-corrected chi connectivity index (χ4v) is 2.44. The highest BCUT2D eigenvalue weighted by Crippen LogP contribution is 2.29. The molecule has 98 valence electrons. The monoisotopic (exact) mass is 246 g/mol. The Morgan fingerprint density at radius 2 is 1.94 bits per heavy atom. The van der Waals surface area contributed by atoms with Gasteiger partial charge in [-0.15, -0.1) is 0 Å². The predicted octanol–water partition coefficient (Wildman–Crippen LogP) is 4.21. The van der Waals surface area contributed by atoms with Crippen molar-refractivity contribution in [3.05, 3.63) is 29.3 Å². The van der Waals surface area contributed by atoms with Crippen molar-refractivity contribution in [2.24, 2.45) is 5.92 Å². The van der Waals surface area contributed by atoms with E-state index in [1.807, 2.05) is 19.1 Å². The number of carbonyl (C=O) groups excluding carboxylic acids is 1. The Morgan fingerprint density at radius 3 is 2.56 bits per heavy atom. The van der Waals surface area contributed by atoms with Crippen molar-refractivity contribution in [1.82, 2.24) is 0 Å². The number of rotatable bonds is 3. The summed E-state index contributed by atoms with van der Waals surface area (Å²) >= 11 is 0. The van der Waals surface area contributed by atoms with Crippen molar-refractivity contribution >= 4 is 5.97 Å². The average Bonchev–Trinajstić information content (AvgIpc) is 2.85. The van der Waals surface area contributed by atoms with Gasteiger partial charge in [0, 0.05) is 0 Å². The molecule has 0 spiro atoms. The zero-order chi connectivity index (χ0) is 13.1. The number of esters is 1. The standard InChI is InChI=1S/C16H22O2/c1-11(2)14-9-8-12(3)15(10-14)18-16(17)13-6-4-5-7-13/h8-11,13H,4-7H2,1-3H3. The Kier molecular flexibility index (Phi) is 4.05. The van der Waals surface area contributed by atoms with Gasteiger partial charge in [0.25, 0.3) is 0 Å². The summed E-state index contributed by atoms with van der Waals surface area (Å²) < 4.78 is 5.58. The van der Waals surface area contributed by atoms with Crippen molar-refractivity contribution in [2.75, 3.05) is 0 Å². The first-order valence-corrected chi connectivity index (χ1v) is 6.90. The molecule has 2 nitrogen and oxygen atoms in total. The molecule has 0 atom stereocenters. The van der Waals surface area contributed by atoms with Crippen LogP contribution in [-0.4, -0.2) is 5.97 Å². The lowest BCUT2D eigenvalue weighted by atomic mass is 10.0. The number of hydrogen-bond acceptors (Lipinski definition) is 2. The molecule has 0 N–H and O–H groups in total. The highest BCUT2D eigenvalue weighted by Gasteiger charge is 2.25. The van der Waals surface area contributed by atoms with Crippen LogP contribution in [0.2, 0.25) is 0 Å². The van der Waals surface area contributed by atoms with E-state index in [4.69, 9.17) is 4.74 Å². The van der Waals surface area contributed by atoms with Crippen LogP contribution in [0.1, 0.15) is 56.6 Å². The van der Waals surface area contributed by atoms with Crippen LogP contribution in [0.5, 0.6) is 5.75 Å². The Bertz CT molecular complexity index is 429. The van der Waals surface area contributed by atoms with E-state index in [1.54, 1.807) is 0 Å². The van der Waals surface area contributed by atoms with Crippen LogP contribution in [0.25, 0.3) is 0 Å². The Balaban J connectivity index is 2.12. The topological polar surface area (TPSA) is 26.3 Å². The van der Waals surface area contributed by atoms with E-state index < -0.39 is 0 Å². The molecule has 0 amide bonds. The lowest BCUT2D eigenvalue weighted by Crippen LogP contribution is -2.18. The molecule has 0 aliphatic heterocycles. The Morgan fingerprint density at radius 1 is 1.28 bits per heavy atom. The van der Waals surface area contributed by atoms with Gasteiger partial charge in [-0.25, -0.2) is 0 Å². The number of aryl methyl sites for hydroxylation is 1. The summed E-state index contributed by atoms with van der Waals surface area (Å²) in [7, 11) is 0. The first-order valence-electron chi connectivity index (χ1n) is 6.90. The molecule has 1 aromatic rings. The van der Waals surface area contributed by atoms with E-state index in [0.29, 0.717) is 5.92 Å². The highest BCUT2D eigenvalue weighted by atomic mass is 16.5. The van der Waals surface area contributed by atoms with Gasteiger partial charge in [0.05, 0.1) is 5.92 Å². The van der Waals surface area contributed by atoms with Gasteiger partial charge >= 0.3 is 5.97 Å². The summed E-state index contributed by atoms with van der Waals surface area (Å²) in [6, 6.07) is 6.15. The molecule has 1 aliphatic rings. The lowest BCUT2D eigenvalue weighted by Gasteiger charge is -2.13. The smallest absolute Gasteiger partial charge is 0.314 e. The van der Waals surface area contributed by atoms with Crippen LogP contribution >= 0.6 is 0 Å². The maximum atomic E-state index is 12.0. The SMILES string of the molecule is Cc1ccc(C(C)C)cc1OC(=O)C1CCCC1. The molecule has 18 heavy (non-hydrogen) atoms. The summed E-state index contributed by atoms with van der Waals surface area (Å²) in [5.74, 6) is 1.26. The first-order chi connectivity index (χ1) is 8.58. The van der Waals surface area contributed by atoms with Crippen LogP contribution in [0, 0.1) is 12.8 Å². The van der Waals surface area contributed by atoms with E-state index in [9.17, 15) is 4.79 Å². The van der Waals surface area contributed by atoms with Gasteiger partial charge in [-0.1, -0.05) is 38.8 Å². The zero-order valence-corrected chi connectivity index (χ0v) is 11.5. The second-order valence-corrected chi connectivity index (χ2v) is 5.58. The minimum atomic E-state index is -0.0449. The molecule has 0 bridgehead atoms. The summed E-state index contributed by atoms with van der Waals surface area (Å²) in [5.41, 5.74) is 2.25. The van der Waals surface area contributed by atoms with Gasteiger partial charge < -0.3 is 4.74 Å². The maximum Gasteiger partial charge on any atom is 0.314 e. The van der Waals surface area contributed by atoms with Gasteiger partial charge in [-0.2, -0.15) is 0 Å². The van der Waals surface area contributed by atoms with Crippen molar-refractivity contribution in [2.45, 2.75) is 52.4 Å². The molecule has 0 unspecified atom stereocenters. The minimum absolute atomic E-state index is 0.0449. The minimum Gasteiger partial charge on any atom is -0.426 e. The predicted molar refractivity (Wildman–Crippen MR) is 72.9 cm³/mol. The summed E-state index contributed by atoms with van der Waals surface area (Å²) in [4.78, 5) is 12.0. The van der Waals surface area contributed by atoms with Crippen molar-refractivity contribution < 1.29 is 9.53 Å². The molecular weight excluding hydrogens is 224 g/mol. The van der Waals surface area contributed by atoms with Gasteiger partial charge in [0.1, 0.15) is 5.75 Å². The van der Waals surface area contributed by atoms with Crippen molar-refractivity contribution in [3.63, 3.8) is 0 Å². The molecule has 1 fully saturated rings. The fraction of sp³-hybridized carbons (Fsp3) is 0.562. The lowest BCUT2D eigenvalue weighted by molar-refractivity contribution is -0.138. The Labute approximate surface area is 109 Å². The van der Waals surface area contributed by atoms with E-state index in [1.165, 1.54) is 5.56 Å². The summed E-state index contributed by atoms with van der Waals surface area (Å²) in [6.07, 6.45) is 4.29. The van der Waals surface area contributed by atoms with E-state index in [2.05, 4.69) is 19.9 Å². The molecule has 1 aliphatic carbocycles. The molecule has 1 saturated carbocycles. The van der Waals surface area contributed by atoms with E-state index in [-0.39, 0.29) is 11.9 Å². The largest absolute Gasteiger partial charge is 0.426 e. The van der Waals surface area contributed by atoms with Crippen LogP contribution in [0.4, 0.5) is 0 Å². The zero-order valence-electron chi connectivity index (χ0n) is 11.5. The number of hydrogen-bond donors (Lipinski definition) is 0. The normalized spacial score (nSPS) is 16.2. The molecule has 2 heteroatoms. The number of carbonyl (C=O) groups is 1. The fourth-order valence-electron chi connectivity index (χ4n) is 2.44. The van der Waals surface area contributed by atoms with Gasteiger partial charge in [0.2, 0.25) is 0 Å². The van der Waals surface area contributed by atoms with Crippen LogP contribution in [-0.2, 0) is 4.79 Å². The third kappa shape index (κ3) is 2.92. The second-order valence-electron chi connectivity index (χ2n) is 5.58. The first kappa shape index (κ1) is 13.1. The maximum absolute atomic E-state index is 12.0. The highest BCUT2D eigenvalue weighted by molar-refractivity contribution is 5.75. The molecule has 0 saturated heterocycles. The molecule has 0 aromatic heterocycles. The summed E-state index contributed by atoms with van der Waals surface area (Å²) in [5, 5.41) is 0. The van der Waals surface area contributed by atoms with E-state index in [0.717, 1.165) is 37.0 Å². The summed E-state index contributed by atoms with van der Waals surface area (Å²) in [6.45, 7) is 6.28. The van der Waals surface area contributed by atoms with Crippen molar-refractivity contribution in [3.8, 4) is 5.75 Å². The van der Waals surface area contributed by atoms with Crippen LogP contribution in [0.3, 0.4) is 0 Å². The third-order valence-corrected chi connectivity index (χ3v) is 3.78. The van der Waals surface area contributed by atoms with Crippen LogP contribution < -0.4 is 4.74 Å². The van der Waals surface area contributed by atoms with Gasteiger partial charge in [0.15, 0.2) is 0 Å².